The van der Waals surface area contributed by atoms with Crippen LogP contribution in [0.15, 0.2) is 134 Å². The summed E-state index contributed by atoms with van der Waals surface area (Å²) in [5, 5.41) is 10.4. The SMILES string of the molecule is [CH2-][n+]1c(-c2cc(OC=O)ccn2)cc(COO)cc1-c1cc(-c2ccc(-c3ccc(N(c4ccccc4)c4ccccc4)s3)s2)ccn1. The van der Waals surface area contributed by atoms with Gasteiger partial charge in [0.15, 0.2) is 0 Å². The largest absolute Gasteiger partial charge is 0.429 e. The lowest BCUT2D eigenvalue weighted by molar-refractivity contribution is -0.589. The zero-order valence-electron chi connectivity index (χ0n) is 25.5. The molecule has 10 heteroatoms. The van der Waals surface area contributed by atoms with Gasteiger partial charge >= 0.3 is 0 Å². The number of hydrogen-bond donors (Lipinski definition) is 1. The van der Waals surface area contributed by atoms with Gasteiger partial charge in [-0.15, -0.1) is 22.7 Å². The van der Waals surface area contributed by atoms with Gasteiger partial charge in [0.05, 0.1) is 11.4 Å². The predicted octanol–water partition coefficient (Wildman–Crippen LogP) is 9.19. The van der Waals surface area contributed by atoms with E-state index in [9.17, 15) is 10.1 Å². The van der Waals surface area contributed by atoms with E-state index in [4.69, 9.17) is 4.74 Å². The molecule has 0 aliphatic rings. The molecule has 236 valence electrons. The van der Waals surface area contributed by atoms with E-state index in [0.29, 0.717) is 40.6 Å². The molecule has 48 heavy (non-hydrogen) atoms. The van der Waals surface area contributed by atoms with Gasteiger partial charge in [-0.1, -0.05) is 36.4 Å². The molecule has 0 spiro atoms. The highest BCUT2D eigenvalue weighted by atomic mass is 32.1. The van der Waals surface area contributed by atoms with E-state index in [1.165, 1.54) is 9.75 Å². The van der Waals surface area contributed by atoms with Crippen molar-refractivity contribution in [1.82, 2.24) is 9.97 Å². The molecule has 5 aromatic heterocycles. The Morgan fingerprint density at radius 3 is 2.00 bits per heavy atom. The quantitative estimate of drug-likeness (QED) is 0.0483. The van der Waals surface area contributed by atoms with Crippen LogP contribution in [0, 0.1) is 7.05 Å². The van der Waals surface area contributed by atoms with Crippen LogP contribution in [-0.2, 0) is 16.3 Å². The highest BCUT2D eigenvalue weighted by Crippen LogP contribution is 2.44. The van der Waals surface area contributed by atoms with Crippen molar-refractivity contribution in [2.24, 2.45) is 0 Å². The van der Waals surface area contributed by atoms with Crippen LogP contribution < -0.4 is 14.2 Å². The topological polar surface area (TPSA) is 88.7 Å². The second kappa shape index (κ2) is 14.0. The fourth-order valence-electron chi connectivity index (χ4n) is 5.43. The van der Waals surface area contributed by atoms with E-state index in [0.717, 1.165) is 26.8 Å². The Bertz CT molecular complexity index is 2150. The van der Waals surface area contributed by atoms with Gasteiger partial charge in [-0.3, -0.25) is 20.0 Å². The van der Waals surface area contributed by atoms with Crippen molar-refractivity contribution in [3.8, 4) is 48.7 Å². The van der Waals surface area contributed by atoms with Crippen molar-refractivity contribution >= 4 is 45.5 Å². The first-order valence-corrected chi connectivity index (χ1v) is 16.5. The van der Waals surface area contributed by atoms with Crippen molar-refractivity contribution in [2.75, 3.05) is 4.90 Å². The first kappa shape index (κ1) is 31.0. The molecular weight excluding hydrogens is 641 g/mol. The highest BCUT2D eigenvalue weighted by molar-refractivity contribution is 7.25. The Labute approximate surface area is 285 Å². The standard InChI is InChI=1S/C38H28N4O4S2/c1-41-33(20-26(24-46-44)21-34(41)32-23-30(45-25-43)17-19-40-32)31-22-27(16-18-39-31)35-12-13-36(47-35)37-14-15-38(48-37)42(28-8-4-2-5-9-28)29-10-6-3-7-11-29/h2-23,25,44H,1,24H2. The lowest BCUT2D eigenvalue weighted by Gasteiger charge is -2.23. The minimum absolute atomic E-state index is 0.0475. The summed E-state index contributed by atoms with van der Waals surface area (Å²) in [7, 11) is 4.28. The van der Waals surface area contributed by atoms with Crippen LogP contribution >= 0.6 is 22.7 Å². The average molecular weight is 669 g/mol. The van der Waals surface area contributed by atoms with Gasteiger partial charge in [-0.2, -0.15) is 0 Å². The minimum atomic E-state index is -0.0475. The first-order chi connectivity index (χ1) is 23.6. The number of aromatic nitrogens is 3. The van der Waals surface area contributed by atoms with Crippen molar-refractivity contribution in [2.45, 2.75) is 6.61 Å². The fourth-order valence-corrected chi connectivity index (χ4v) is 7.57. The number of para-hydroxylation sites is 2. The summed E-state index contributed by atoms with van der Waals surface area (Å²) in [6.07, 6.45) is 3.32. The Hall–Kier alpha value is -5.65. The van der Waals surface area contributed by atoms with Crippen LogP contribution in [0.5, 0.6) is 5.75 Å². The highest BCUT2D eigenvalue weighted by Gasteiger charge is 2.18. The number of anilines is 3. The second-order valence-corrected chi connectivity index (χ2v) is 12.8. The molecule has 1 N–H and O–H groups in total. The van der Waals surface area contributed by atoms with E-state index in [2.05, 4.69) is 99.6 Å². The summed E-state index contributed by atoms with van der Waals surface area (Å²) in [6.45, 7) is 0.319. The lowest BCUT2D eigenvalue weighted by atomic mass is 10.1. The zero-order valence-corrected chi connectivity index (χ0v) is 27.1. The third-order valence-corrected chi connectivity index (χ3v) is 10.0. The van der Waals surface area contributed by atoms with E-state index in [1.54, 1.807) is 57.8 Å². The molecule has 5 heterocycles. The van der Waals surface area contributed by atoms with Crippen molar-refractivity contribution in [3.63, 3.8) is 0 Å². The van der Waals surface area contributed by atoms with Crippen molar-refractivity contribution in [3.05, 3.63) is 146 Å². The van der Waals surface area contributed by atoms with Gasteiger partial charge < -0.3 is 14.2 Å². The number of pyridine rings is 3. The summed E-state index contributed by atoms with van der Waals surface area (Å²) in [5.41, 5.74) is 6.41. The number of carbonyl (C=O) groups excluding carboxylic acids is 1. The molecule has 2 aromatic carbocycles. The van der Waals surface area contributed by atoms with Crippen LogP contribution in [0.3, 0.4) is 0 Å². The maximum Gasteiger partial charge on any atom is 0.298 e. The molecule has 0 bridgehead atoms. The molecule has 8 nitrogen and oxygen atoms in total. The maximum atomic E-state index is 10.9. The zero-order chi connectivity index (χ0) is 32.9. The second-order valence-electron chi connectivity index (χ2n) is 10.7. The van der Waals surface area contributed by atoms with E-state index >= 15 is 0 Å². The summed E-state index contributed by atoms with van der Waals surface area (Å²) in [4.78, 5) is 30.2. The third-order valence-electron chi connectivity index (χ3n) is 7.63. The van der Waals surface area contributed by atoms with Crippen LogP contribution in [0.25, 0.3) is 43.0 Å². The number of nitrogens with zero attached hydrogens (tertiary/aromatic N) is 4. The van der Waals surface area contributed by atoms with Crippen molar-refractivity contribution in [1.29, 1.82) is 0 Å². The van der Waals surface area contributed by atoms with Gasteiger partial charge in [0.25, 0.3) is 6.47 Å². The van der Waals surface area contributed by atoms with E-state index in [1.807, 2.05) is 30.3 Å². The Balaban J connectivity index is 1.21. The Kier molecular flexibility index (Phi) is 9.03. The van der Waals surface area contributed by atoms with E-state index < -0.39 is 0 Å². The van der Waals surface area contributed by atoms with E-state index in [-0.39, 0.29) is 6.61 Å². The molecule has 0 unspecified atom stereocenters. The molecule has 0 radical (unpaired) electrons. The minimum Gasteiger partial charge on any atom is -0.429 e. The number of thiophene rings is 2. The van der Waals surface area contributed by atoms with Gasteiger partial charge in [-0.05, 0) is 90.0 Å². The van der Waals surface area contributed by atoms with Crippen LogP contribution in [0.4, 0.5) is 16.4 Å². The lowest BCUT2D eigenvalue weighted by Crippen LogP contribution is -2.32. The number of ether oxygens (including phenoxy) is 1. The molecule has 7 aromatic rings. The van der Waals surface area contributed by atoms with Gasteiger partial charge in [-0.25, -0.2) is 4.89 Å². The predicted molar refractivity (Wildman–Crippen MR) is 189 cm³/mol. The molecule has 0 atom stereocenters. The van der Waals surface area contributed by atoms with Crippen molar-refractivity contribution < 1.29 is 24.2 Å². The Morgan fingerprint density at radius 2 is 1.33 bits per heavy atom. The molecule has 0 aliphatic carbocycles. The molecule has 0 saturated heterocycles. The number of rotatable bonds is 11. The summed E-state index contributed by atoms with van der Waals surface area (Å²) >= 11 is 3.47. The Morgan fingerprint density at radius 1 is 0.729 bits per heavy atom. The van der Waals surface area contributed by atoms with Gasteiger partial charge in [0.2, 0.25) is 0 Å². The number of benzene rings is 2. The third kappa shape index (κ3) is 6.46. The maximum absolute atomic E-state index is 10.9. The normalized spacial score (nSPS) is 10.9. The van der Waals surface area contributed by atoms with Crippen LogP contribution in [-0.4, -0.2) is 21.7 Å². The monoisotopic (exact) mass is 668 g/mol. The molecule has 7 rings (SSSR count). The van der Waals surface area contributed by atoms with Gasteiger partial charge in [0.1, 0.15) is 28.7 Å². The molecule has 0 amide bonds. The smallest absolute Gasteiger partial charge is 0.298 e. The van der Waals surface area contributed by atoms with Crippen LogP contribution in [0.2, 0.25) is 0 Å². The molecular formula is C38H28N4O4S2. The average Bonchev–Trinajstić information content (AvgIpc) is 3.82. The summed E-state index contributed by atoms with van der Waals surface area (Å²) in [6, 6.07) is 40.3. The first-order valence-electron chi connectivity index (χ1n) is 14.9. The fraction of sp³-hybridized carbons (Fsp3) is 0.0263. The molecule has 0 fully saturated rings. The number of hydrogen-bond acceptors (Lipinski definition) is 9. The summed E-state index contributed by atoms with van der Waals surface area (Å²) in [5.74, 6) is 0.347. The number of carbonyl (C=O) groups is 1. The molecule has 0 saturated carbocycles. The van der Waals surface area contributed by atoms with Gasteiger partial charge in [0, 0.05) is 51.5 Å². The van der Waals surface area contributed by atoms with Crippen LogP contribution in [0.1, 0.15) is 5.56 Å². The summed E-state index contributed by atoms with van der Waals surface area (Å²) < 4.78 is 6.75. The molecule has 0 aliphatic heterocycles.